The van der Waals surface area contributed by atoms with E-state index in [1.165, 1.54) is 38.5 Å². The van der Waals surface area contributed by atoms with E-state index in [0.717, 1.165) is 18.8 Å². The second kappa shape index (κ2) is 4.81. The minimum atomic E-state index is 0.0172. The topological polar surface area (TPSA) is 26.3 Å². The molecule has 2 aliphatic rings. The number of carbonyl (C=O) groups is 1. The summed E-state index contributed by atoms with van der Waals surface area (Å²) < 4.78 is 5.27. The Morgan fingerprint density at radius 1 is 1.07 bits per heavy atom. The molecule has 1 unspecified atom stereocenters. The van der Waals surface area contributed by atoms with Crippen molar-refractivity contribution in [1.29, 1.82) is 0 Å². The molecule has 2 nitrogen and oxygen atoms in total. The monoisotopic (exact) mass is 196 g/mol. The van der Waals surface area contributed by atoms with Gasteiger partial charge in [0.2, 0.25) is 0 Å². The Balaban J connectivity index is 1.75. The molecular formula is C12H20O2. The Bertz CT molecular complexity index is 192. The van der Waals surface area contributed by atoms with Crippen LogP contribution in [0.2, 0.25) is 0 Å². The number of rotatable bonds is 2. The van der Waals surface area contributed by atoms with E-state index in [-0.39, 0.29) is 12.1 Å². The Morgan fingerprint density at radius 2 is 1.79 bits per heavy atom. The highest BCUT2D eigenvalue weighted by molar-refractivity contribution is 5.71. The van der Waals surface area contributed by atoms with E-state index in [1.54, 1.807) is 0 Å². The van der Waals surface area contributed by atoms with E-state index < -0.39 is 0 Å². The lowest BCUT2D eigenvalue weighted by Crippen LogP contribution is -2.13. The Labute approximate surface area is 86.0 Å². The summed E-state index contributed by atoms with van der Waals surface area (Å²) in [4.78, 5) is 10.9. The van der Waals surface area contributed by atoms with Gasteiger partial charge >= 0.3 is 5.97 Å². The SMILES string of the molecule is O=C1CCC(CC2CCCCCC2)O1. The third kappa shape index (κ3) is 2.73. The first-order chi connectivity index (χ1) is 6.84. The minimum absolute atomic E-state index is 0.0172. The molecule has 0 spiro atoms. The molecule has 0 aromatic heterocycles. The minimum Gasteiger partial charge on any atom is -0.462 e. The van der Waals surface area contributed by atoms with Gasteiger partial charge in [-0.05, 0) is 18.8 Å². The maximum atomic E-state index is 10.9. The fourth-order valence-corrected chi connectivity index (χ4v) is 2.72. The summed E-state index contributed by atoms with van der Waals surface area (Å²) in [6.07, 6.45) is 11.3. The molecule has 1 aliphatic carbocycles. The molecule has 0 bridgehead atoms. The number of cyclic esters (lactones) is 1. The third-order valence-corrected chi connectivity index (χ3v) is 3.54. The Kier molecular flexibility index (Phi) is 3.44. The number of hydrogen-bond acceptors (Lipinski definition) is 2. The van der Waals surface area contributed by atoms with Crippen molar-refractivity contribution < 1.29 is 9.53 Å². The van der Waals surface area contributed by atoms with Gasteiger partial charge < -0.3 is 4.74 Å². The zero-order valence-corrected chi connectivity index (χ0v) is 8.84. The van der Waals surface area contributed by atoms with E-state index in [4.69, 9.17) is 4.74 Å². The van der Waals surface area contributed by atoms with Crippen LogP contribution in [0.25, 0.3) is 0 Å². The average Bonchev–Trinajstić information content (AvgIpc) is 2.43. The van der Waals surface area contributed by atoms with Crippen molar-refractivity contribution in [3.63, 3.8) is 0 Å². The van der Waals surface area contributed by atoms with Crippen LogP contribution in [0.1, 0.15) is 57.8 Å². The largest absolute Gasteiger partial charge is 0.462 e. The van der Waals surface area contributed by atoms with Crippen molar-refractivity contribution in [3.8, 4) is 0 Å². The number of esters is 1. The summed E-state index contributed by atoms with van der Waals surface area (Å²) in [6, 6.07) is 0. The van der Waals surface area contributed by atoms with Crippen LogP contribution < -0.4 is 0 Å². The van der Waals surface area contributed by atoms with Gasteiger partial charge in [-0.3, -0.25) is 4.79 Å². The second-order valence-corrected chi connectivity index (χ2v) is 4.74. The molecule has 1 aliphatic heterocycles. The molecule has 0 radical (unpaired) electrons. The normalized spacial score (nSPS) is 30.0. The van der Waals surface area contributed by atoms with Crippen molar-refractivity contribution in [2.75, 3.05) is 0 Å². The zero-order valence-electron chi connectivity index (χ0n) is 8.84. The smallest absolute Gasteiger partial charge is 0.306 e. The molecule has 2 fully saturated rings. The number of carbonyl (C=O) groups excluding carboxylic acids is 1. The maximum Gasteiger partial charge on any atom is 0.306 e. The van der Waals surface area contributed by atoms with Gasteiger partial charge in [-0.1, -0.05) is 38.5 Å². The number of hydrogen-bond donors (Lipinski definition) is 0. The van der Waals surface area contributed by atoms with E-state index in [1.807, 2.05) is 0 Å². The predicted octanol–water partition coefficient (Wildman–Crippen LogP) is 3.05. The van der Waals surface area contributed by atoms with Crippen LogP contribution in [0.3, 0.4) is 0 Å². The molecular weight excluding hydrogens is 176 g/mol. The fourth-order valence-electron chi connectivity index (χ4n) is 2.72. The summed E-state index contributed by atoms with van der Waals surface area (Å²) in [6.45, 7) is 0. The molecule has 0 aromatic carbocycles. The Morgan fingerprint density at radius 3 is 2.36 bits per heavy atom. The Hall–Kier alpha value is -0.530. The van der Waals surface area contributed by atoms with Crippen LogP contribution >= 0.6 is 0 Å². The molecule has 80 valence electrons. The average molecular weight is 196 g/mol. The molecule has 1 saturated carbocycles. The predicted molar refractivity (Wildman–Crippen MR) is 54.9 cm³/mol. The third-order valence-electron chi connectivity index (χ3n) is 3.54. The van der Waals surface area contributed by atoms with Crippen LogP contribution in [0.15, 0.2) is 0 Å². The molecule has 2 heteroatoms. The van der Waals surface area contributed by atoms with Gasteiger partial charge in [0.15, 0.2) is 0 Å². The van der Waals surface area contributed by atoms with Crippen molar-refractivity contribution in [2.24, 2.45) is 5.92 Å². The molecule has 1 atom stereocenters. The van der Waals surface area contributed by atoms with E-state index in [0.29, 0.717) is 6.42 Å². The zero-order chi connectivity index (χ0) is 9.80. The summed E-state index contributed by atoms with van der Waals surface area (Å²) in [7, 11) is 0. The highest BCUT2D eigenvalue weighted by atomic mass is 16.5. The molecule has 1 saturated heterocycles. The molecule has 1 heterocycles. The van der Waals surface area contributed by atoms with E-state index in [2.05, 4.69) is 0 Å². The first-order valence-corrected chi connectivity index (χ1v) is 6.04. The second-order valence-electron chi connectivity index (χ2n) is 4.74. The lowest BCUT2D eigenvalue weighted by molar-refractivity contribution is -0.141. The van der Waals surface area contributed by atoms with Crippen LogP contribution in [0.4, 0.5) is 0 Å². The van der Waals surface area contributed by atoms with Gasteiger partial charge in [0.1, 0.15) is 6.10 Å². The van der Waals surface area contributed by atoms with Crippen LogP contribution in [0.5, 0.6) is 0 Å². The van der Waals surface area contributed by atoms with Gasteiger partial charge in [-0.2, -0.15) is 0 Å². The van der Waals surface area contributed by atoms with Crippen molar-refractivity contribution in [1.82, 2.24) is 0 Å². The van der Waals surface area contributed by atoms with Gasteiger partial charge in [-0.25, -0.2) is 0 Å². The fraction of sp³-hybridized carbons (Fsp3) is 0.917. The number of ether oxygens (including phenoxy) is 1. The lowest BCUT2D eigenvalue weighted by atomic mass is 9.93. The van der Waals surface area contributed by atoms with E-state index >= 15 is 0 Å². The highest BCUT2D eigenvalue weighted by Crippen LogP contribution is 2.30. The summed E-state index contributed by atoms with van der Waals surface area (Å²) >= 11 is 0. The standard InChI is InChI=1S/C12H20O2/c13-12-8-7-11(14-12)9-10-5-3-1-2-4-6-10/h10-11H,1-9H2. The molecule has 0 amide bonds. The molecule has 2 rings (SSSR count). The molecule has 0 aromatic rings. The van der Waals surface area contributed by atoms with Crippen molar-refractivity contribution in [3.05, 3.63) is 0 Å². The first-order valence-electron chi connectivity index (χ1n) is 6.04. The first kappa shape index (κ1) is 10.0. The van der Waals surface area contributed by atoms with Crippen molar-refractivity contribution >= 4 is 5.97 Å². The van der Waals surface area contributed by atoms with Gasteiger partial charge in [0.25, 0.3) is 0 Å². The molecule has 0 N–H and O–H groups in total. The summed E-state index contributed by atoms with van der Waals surface area (Å²) in [5.74, 6) is 0.844. The highest BCUT2D eigenvalue weighted by Gasteiger charge is 2.26. The molecule has 14 heavy (non-hydrogen) atoms. The van der Waals surface area contributed by atoms with Gasteiger partial charge in [-0.15, -0.1) is 0 Å². The van der Waals surface area contributed by atoms with Crippen LogP contribution in [-0.2, 0) is 9.53 Å². The summed E-state index contributed by atoms with van der Waals surface area (Å²) in [5, 5.41) is 0. The van der Waals surface area contributed by atoms with Gasteiger partial charge in [0, 0.05) is 6.42 Å². The van der Waals surface area contributed by atoms with Crippen LogP contribution in [-0.4, -0.2) is 12.1 Å². The quantitative estimate of drug-likeness (QED) is 0.501. The van der Waals surface area contributed by atoms with Gasteiger partial charge in [0.05, 0.1) is 0 Å². The lowest BCUT2D eigenvalue weighted by Gasteiger charge is -2.17. The summed E-state index contributed by atoms with van der Waals surface area (Å²) in [5.41, 5.74) is 0. The maximum absolute atomic E-state index is 10.9. The van der Waals surface area contributed by atoms with Crippen molar-refractivity contribution in [2.45, 2.75) is 63.9 Å². The van der Waals surface area contributed by atoms with E-state index in [9.17, 15) is 4.79 Å². The van der Waals surface area contributed by atoms with Crippen LogP contribution in [0, 0.1) is 5.92 Å².